The lowest BCUT2D eigenvalue weighted by atomic mass is 10.0. The van der Waals surface area contributed by atoms with Gasteiger partial charge in [0.1, 0.15) is 11.8 Å². The summed E-state index contributed by atoms with van der Waals surface area (Å²) in [6, 6.07) is 11.8. The average Bonchev–Trinajstić information content (AvgIpc) is 2.75. The summed E-state index contributed by atoms with van der Waals surface area (Å²) in [4.78, 5) is 27.0. The Morgan fingerprint density at radius 2 is 1.79 bits per heavy atom. The van der Waals surface area contributed by atoms with Gasteiger partial charge in [-0.1, -0.05) is 18.2 Å². The van der Waals surface area contributed by atoms with Crippen molar-refractivity contribution >= 4 is 11.9 Å². The number of likely N-dealkylation sites (N-methyl/N-ethyl adjacent to an activating group) is 2. The van der Waals surface area contributed by atoms with E-state index in [0.29, 0.717) is 30.1 Å². The Kier molecular flexibility index (Phi) is 6.39. The van der Waals surface area contributed by atoms with E-state index in [1.165, 1.54) is 12.0 Å². The summed E-state index contributed by atoms with van der Waals surface area (Å²) in [6.45, 7) is 0. The van der Waals surface area contributed by atoms with Crippen LogP contribution in [0.5, 0.6) is 17.2 Å². The molecule has 4 rings (SSSR count). The van der Waals surface area contributed by atoms with Crippen molar-refractivity contribution in [3.63, 3.8) is 0 Å². The lowest BCUT2D eigenvalue weighted by Crippen LogP contribution is -2.52. The zero-order valence-electron chi connectivity index (χ0n) is 17.1. The van der Waals surface area contributed by atoms with E-state index in [9.17, 15) is 9.59 Å². The number of fused-ring (bicyclic) bond motifs is 7. The number of nitrogens with zero attached hydrogens (tertiary/aromatic N) is 1. The lowest BCUT2D eigenvalue weighted by Gasteiger charge is -2.30. The molecule has 154 valence electrons. The number of rotatable bonds is 3. The highest BCUT2D eigenvalue weighted by Crippen LogP contribution is 2.33. The van der Waals surface area contributed by atoms with Crippen LogP contribution in [0.15, 0.2) is 42.5 Å². The molecule has 7 nitrogen and oxygen atoms in total. The highest BCUT2D eigenvalue weighted by Gasteiger charge is 2.32. The minimum absolute atomic E-state index is 0.185. The van der Waals surface area contributed by atoms with Crippen LogP contribution in [0, 0.1) is 0 Å². The maximum Gasteiger partial charge on any atom is 0.328 e. The molecule has 4 bridgehead atoms. The molecule has 0 saturated carbocycles. The number of hydrogen-bond acceptors (Lipinski definition) is 6. The topological polar surface area (TPSA) is 77.1 Å². The monoisotopic (exact) mass is 398 g/mol. The van der Waals surface area contributed by atoms with Gasteiger partial charge in [0, 0.05) is 13.5 Å². The minimum Gasteiger partial charge on any atom is -0.493 e. The largest absolute Gasteiger partial charge is 0.493 e. The Bertz CT molecular complexity index is 881. The predicted octanol–water partition coefficient (Wildman–Crippen LogP) is 2.17. The Labute approximate surface area is 170 Å². The normalized spacial score (nSPS) is 19.3. The second-order valence-electron chi connectivity index (χ2n) is 6.97. The third-order valence-corrected chi connectivity index (χ3v) is 5.18. The zero-order valence-corrected chi connectivity index (χ0v) is 17.1. The van der Waals surface area contributed by atoms with E-state index in [0.717, 1.165) is 11.1 Å². The first kappa shape index (κ1) is 20.7. The maximum atomic E-state index is 13.2. The van der Waals surface area contributed by atoms with Crippen LogP contribution in [0.4, 0.5) is 0 Å². The summed E-state index contributed by atoms with van der Waals surface area (Å²) >= 11 is 0. The van der Waals surface area contributed by atoms with Crippen LogP contribution >= 0.6 is 0 Å². The molecule has 2 atom stereocenters. The summed E-state index contributed by atoms with van der Waals surface area (Å²) in [5.41, 5.74) is 1.80. The zero-order chi connectivity index (χ0) is 21.0. The van der Waals surface area contributed by atoms with Gasteiger partial charge in [-0.2, -0.15) is 0 Å². The second-order valence-corrected chi connectivity index (χ2v) is 6.97. The van der Waals surface area contributed by atoms with Crippen LogP contribution in [0.3, 0.4) is 0 Å². The highest BCUT2D eigenvalue weighted by atomic mass is 16.5. The molecule has 1 N–H and O–H groups in total. The minimum atomic E-state index is -0.718. The molecular formula is C22H26N2O5. The van der Waals surface area contributed by atoms with Crippen molar-refractivity contribution < 1.29 is 23.8 Å². The van der Waals surface area contributed by atoms with Crippen LogP contribution < -0.4 is 14.8 Å². The van der Waals surface area contributed by atoms with Crippen molar-refractivity contribution in [2.75, 3.05) is 28.3 Å². The Balaban J connectivity index is 2.07. The van der Waals surface area contributed by atoms with Gasteiger partial charge in [0.05, 0.1) is 20.3 Å². The van der Waals surface area contributed by atoms with Gasteiger partial charge in [0.25, 0.3) is 0 Å². The second kappa shape index (κ2) is 8.96. The first-order valence-electron chi connectivity index (χ1n) is 9.42. The predicted molar refractivity (Wildman–Crippen MR) is 108 cm³/mol. The number of benzene rings is 2. The van der Waals surface area contributed by atoms with E-state index >= 15 is 0 Å². The van der Waals surface area contributed by atoms with Crippen molar-refractivity contribution in [3.8, 4) is 17.2 Å². The molecule has 0 saturated heterocycles. The molecule has 2 heterocycles. The van der Waals surface area contributed by atoms with E-state index in [2.05, 4.69) is 5.32 Å². The van der Waals surface area contributed by atoms with Gasteiger partial charge in [-0.15, -0.1) is 0 Å². The number of amides is 1. The maximum absolute atomic E-state index is 13.2. The van der Waals surface area contributed by atoms with Gasteiger partial charge < -0.3 is 24.4 Å². The molecule has 0 aromatic heterocycles. The number of esters is 1. The molecule has 29 heavy (non-hydrogen) atoms. The van der Waals surface area contributed by atoms with Crippen molar-refractivity contribution in [2.45, 2.75) is 24.9 Å². The number of carbonyl (C=O) groups excluding carboxylic acids is 2. The fourth-order valence-corrected chi connectivity index (χ4v) is 3.43. The molecule has 2 aromatic carbocycles. The van der Waals surface area contributed by atoms with Crippen molar-refractivity contribution in [1.29, 1.82) is 0 Å². The summed E-state index contributed by atoms with van der Waals surface area (Å²) in [5, 5.41) is 3.06. The average molecular weight is 398 g/mol. The van der Waals surface area contributed by atoms with Crippen LogP contribution in [0.1, 0.15) is 11.1 Å². The molecule has 1 amide bonds. The molecule has 0 unspecified atom stereocenters. The molecule has 0 radical (unpaired) electrons. The standard InChI is InChI=1S/C22H26N2O5/c1-23-17-11-15-7-10-19(27-3)20(13-15)29-16-8-5-14(6-9-16)12-18(22(26)28-4)24(2)21(17)25/h5-10,13,17-18,23H,11-12H2,1-4H3/t17-,18-/m0/s1. The first-order chi connectivity index (χ1) is 14.0. The van der Waals surface area contributed by atoms with Crippen molar-refractivity contribution in [2.24, 2.45) is 0 Å². The molecule has 0 aliphatic carbocycles. The van der Waals surface area contributed by atoms with Gasteiger partial charge in [0.2, 0.25) is 5.91 Å². The van der Waals surface area contributed by atoms with Crippen LogP contribution in [0.25, 0.3) is 0 Å². The van der Waals surface area contributed by atoms with Crippen molar-refractivity contribution in [1.82, 2.24) is 10.2 Å². The summed E-state index contributed by atoms with van der Waals surface area (Å²) in [5.74, 6) is 1.22. The van der Waals surface area contributed by atoms with Crippen LogP contribution in [-0.2, 0) is 27.2 Å². The van der Waals surface area contributed by atoms with E-state index in [4.69, 9.17) is 14.2 Å². The van der Waals surface area contributed by atoms with Crippen LogP contribution in [0.2, 0.25) is 0 Å². The van der Waals surface area contributed by atoms with Gasteiger partial charge >= 0.3 is 5.97 Å². The first-order valence-corrected chi connectivity index (χ1v) is 9.42. The summed E-state index contributed by atoms with van der Waals surface area (Å²) in [6.07, 6.45) is 0.783. The van der Waals surface area contributed by atoms with Gasteiger partial charge in [0.15, 0.2) is 11.5 Å². The number of carbonyl (C=O) groups is 2. The fraction of sp³-hybridized carbons (Fsp3) is 0.364. The van der Waals surface area contributed by atoms with Gasteiger partial charge in [-0.05, 0) is 48.9 Å². The number of hydrogen-bond donors (Lipinski definition) is 1. The third kappa shape index (κ3) is 4.51. The Morgan fingerprint density at radius 3 is 2.41 bits per heavy atom. The Morgan fingerprint density at radius 1 is 1.10 bits per heavy atom. The molecule has 0 spiro atoms. The van der Waals surface area contributed by atoms with Crippen LogP contribution in [-0.4, -0.2) is 57.2 Å². The number of ether oxygens (including phenoxy) is 3. The molecule has 2 aliphatic heterocycles. The lowest BCUT2D eigenvalue weighted by molar-refractivity contribution is -0.152. The fourth-order valence-electron chi connectivity index (χ4n) is 3.43. The number of methoxy groups -OCH3 is 2. The van der Waals surface area contributed by atoms with Gasteiger partial charge in [-0.3, -0.25) is 4.79 Å². The molecule has 2 aliphatic rings. The Hall–Kier alpha value is -3.06. The van der Waals surface area contributed by atoms with Gasteiger partial charge in [-0.25, -0.2) is 4.79 Å². The quantitative estimate of drug-likeness (QED) is 0.799. The molecule has 2 aromatic rings. The smallest absolute Gasteiger partial charge is 0.328 e. The molecule has 7 heteroatoms. The molecular weight excluding hydrogens is 372 g/mol. The number of nitrogens with one attached hydrogen (secondary N) is 1. The van der Waals surface area contributed by atoms with E-state index in [-0.39, 0.29) is 5.91 Å². The van der Waals surface area contributed by atoms with E-state index in [1.807, 2.05) is 42.5 Å². The summed E-state index contributed by atoms with van der Waals surface area (Å²) < 4.78 is 16.4. The van der Waals surface area contributed by atoms with E-state index in [1.54, 1.807) is 21.2 Å². The molecule has 0 fully saturated rings. The van der Waals surface area contributed by atoms with Crippen molar-refractivity contribution in [3.05, 3.63) is 53.6 Å². The van der Waals surface area contributed by atoms with E-state index < -0.39 is 18.1 Å². The summed E-state index contributed by atoms with van der Waals surface area (Å²) in [7, 11) is 6.28. The third-order valence-electron chi connectivity index (χ3n) is 5.18. The SMILES string of the molecule is CN[C@H]1Cc2ccc(OC)c(c2)Oc2ccc(cc2)C[C@@H](C(=O)OC)N(C)C1=O. The highest BCUT2D eigenvalue weighted by molar-refractivity contribution is 5.87.